The van der Waals surface area contributed by atoms with Gasteiger partial charge in [0.25, 0.3) is 0 Å². The van der Waals surface area contributed by atoms with Crippen LogP contribution in [0.3, 0.4) is 0 Å². The van der Waals surface area contributed by atoms with Crippen LogP contribution in [0.25, 0.3) is 0 Å². The Balaban J connectivity index is 2.39. The van der Waals surface area contributed by atoms with E-state index >= 15 is 0 Å². The van der Waals surface area contributed by atoms with Gasteiger partial charge in [-0.2, -0.15) is 0 Å². The van der Waals surface area contributed by atoms with E-state index in [0.717, 1.165) is 37.4 Å². The molecular weight excluding hydrogens is 264 g/mol. The number of anilines is 1. The fraction of sp³-hybridized carbons (Fsp3) is 0.588. The van der Waals surface area contributed by atoms with E-state index in [4.69, 9.17) is 4.74 Å². The number of nitrogens with one attached hydrogen (secondary N) is 2. The lowest BCUT2D eigenvalue weighted by atomic mass is 10.1. The molecule has 1 rings (SSSR count). The molecule has 0 aliphatic rings. The Labute approximate surface area is 128 Å². The van der Waals surface area contributed by atoms with E-state index in [1.165, 1.54) is 0 Å². The van der Waals surface area contributed by atoms with Crippen molar-refractivity contribution in [1.82, 2.24) is 5.32 Å². The van der Waals surface area contributed by atoms with Crippen molar-refractivity contribution >= 4 is 11.6 Å². The first-order valence-electron chi connectivity index (χ1n) is 7.80. The normalized spacial score (nSPS) is 12.0. The Morgan fingerprint density at radius 3 is 2.43 bits per heavy atom. The fourth-order valence-electron chi connectivity index (χ4n) is 1.82. The number of hydrogen-bond donors (Lipinski definition) is 2. The van der Waals surface area contributed by atoms with Gasteiger partial charge in [-0.3, -0.25) is 4.79 Å². The molecule has 21 heavy (non-hydrogen) atoms. The Bertz CT molecular complexity index is 415. The highest BCUT2D eigenvalue weighted by molar-refractivity contribution is 5.84. The zero-order valence-corrected chi connectivity index (χ0v) is 13.6. The standard InChI is InChI=1S/C17H28N2O2/c1-5-12-21-16-8-6-15(7-9-16)19-14(4)17(20)18-11-10-13(2)3/h6-9,13-14,19H,5,10-12H2,1-4H3,(H,18,20). The van der Waals surface area contributed by atoms with Crippen LogP contribution < -0.4 is 15.4 Å². The summed E-state index contributed by atoms with van der Waals surface area (Å²) in [4.78, 5) is 11.9. The van der Waals surface area contributed by atoms with E-state index in [1.54, 1.807) is 0 Å². The summed E-state index contributed by atoms with van der Waals surface area (Å²) >= 11 is 0. The third kappa shape index (κ3) is 7.02. The molecule has 0 radical (unpaired) electrons. The van der Waals surface area contributed by atoms with E-state index in [9.17, 15) is 4.79 Å². The van der Waals surface area contributed by atoms with Gasteiger partial charge in [-0.15, -0.1) is 0 Å². The first kappa shape index (κ1) is 17.3. The number of carbonyl (C=O) groups excluding carboxylic acids is 1. The molecule has 0 aliphatic heterocycles. The highest BCUT2D eigenvalue weighted by Gasteiger charge is 2.12. The third-order valence-electron chi connectivity index (χ3n) is 3.12. The summed E-state index contributed by atoms with van der Waals surface area (Å²) in [6.07, 6.45) is 2.00. The predicted molar refractivity (Wildman–Crippen MR) is 87.8 cm³/mol. The van der Waals surface area contributed by atoms with Crippen molar-refractivity contribution in [1.29, 1.82) is 0 Å². The number of carbonyl (C=O) groups is 1. The number of hydrogen-bond acceptors (Lipinski definition) is 3. The number of benzene rings is 1. The third-order valence-corrected chi connectivity index (χ3v) is 3.12. The maximum atomic E-state index is 11.9. The van der Waals surface area contributed by atoms with Crippen LogP contribution in [-0.4, -0.2) is 25.1 Å². The van der Waals surface area contributed by atoms with Crippen molar-refractivity contribution in [2.45, 2.75) is 46.6 Å². The van der Waals surface area contributed by atoms with Crippen LogP contribution in [0.15, 0.2) is 24.3 Å². The summed E-state index contributed by atoms with van der Waals surface area (Å²) in [7, 11) is 0. The Morgan fingerprint density at radius 1 is 1.19 bits per heavy atom. The van der Waals surface area contributed by atoms with Gasteiger partial charge >= 0.3 is 0 Å². The van der Waals surface area contributed by atoms with Crippen molar-refractivity contribution in [2.24, 2.45) is 5.92 Å². The molecule has 1 atom stereocenters. The number of ether oxygens (including phenoxy) is 1. The van der Waals surface area contributed by atoms with E-state index in [1.807, 2.05) is 31.2 Å². The van der Waals surface area contributed by atoms with E-state index in [-0.39, 0.29) is 11.9 Å². The minimum Gasteiger partial charge on any atom is -0.494 e. The van der Waals surface area contributed by atoms with Gasteiger partial charge in [0.15, 0.2) is 0 Å². The SMILES string of the molecule is CCCOc1ccc(NC(C)C(=O)NCCC(C)C)cc1. The van der Waals surface area contributed by atoms with Crippen molar-refractivity contribution in [3.8, 4) is 5.75 Å². The summed E-state index contributed by atoms with van der Waals surface area (Å²) in [5.41, 5.74) is 0.922. The molecule has 1 aromatic carbocycles. The molecule has 1 aromatic rings. The Kier molecular flexibility index (Phi) is 7.65. The van der Waals surface area contributed by atoms with Crippen LogP contribution in [0.1, 0.15) is 40.5 Å². The molecule has 0 aliphatic carbocycles. The van der Waals surface area contributed by atoms with Crippen molar-refractivity contribution in [3.63, 3.8) is 0 Å². The van der Waals surface area contributed by atoms with Gasteiger partial charge in [0, 0.05) is 12.2 Å². The number of amides is 1. The van der Waals surface area contributed by atoms with Crippen LogP contribution in [0.2, 0.25) is 0 Å². The van der Waals surface area contributed by atoms with Crippen molar-refractivity contribution < 1.29 is 9.53 Å². The average Bonchev–Trinajstić information content (AvgIpc) is 2.46. The van der Waals surface area contributed by atoms with Crippen LogP contribution in [-0.2, 0) is 4.79 Å². The second kappa shape index (κ2) is 9.27. The van der Waals surface area contributed by atoms with Crippen molar-refractivity contribution in [3.05, 3.63) is 24.3 Å². The number of rotatable bonds is 9. The van der Waals surface area contributed by atoms with Crippen LogP contribution in [0.5, 0.6) is 5.75 Å². The second-order valence-corrected chi connectivity index (χ2v) is 5.71. The molecule has 0 heterocycles. The summed E-state index contributed by atoms with van der Waals surface area (Å²) < 4.78 is 5.53. The van der Waals surface area contributed by atoms with Crippen molar-refractivity contribution in [2.75, 3.05) is 18.5 Å². The van der Waals surface area contributed by atoms with Gasteiger partial charge in [-0.25, -0.2) is 0 Å². The quantitative estimate of drug-likeness (QED) is 0.733. The Hall–Kier alpha value is -1.71. The molecule has 1 amide bonds. The lowest BCUT2D eigenvalue weighted by Gasteiger charge is -2.16. The first-order chi connectivity index (χ1) is 10.0. The molecule has 4 nitrogen and oxygen atoms in total. The smallest absolute Gasteiger partial charge is 0.242 e. The summed E-state index contributed by atoms with van der Waals surface area (Å²) in [5.74, 6) is 1.49. The molecule has 1 unspecified atom stereocenters. The van der Waals surface area contributed by atoms with E-state index in [2.05, 4.69) is 31.4 Å². The molecule has 0 aromatic heterocycles. The van der Waals surface area contributed by atoms with Crippen LogP contribution in [0.4, 0.5) is 5.69 Å². The highest BCUT2D eigenvalue weighted by atomic mass is 16.5. The predicted octanol–water partition coefficient (Wildman–Crippen LogP) is 3.44. The minimum atomic E-state index is -0.250. The lowest BCUT2D eigenvalue weighted by Crippen LogP contribution is -2.38. The minimum absolute atomic E-state index is 0.0296. The zero-order valence-electron chi connectivity index (χ0n) is 13.6. The van der Waals surface area contributed by atoms with Crippen LogP contribution in [0, 0.1) is 5.92 Å². The largest absolute Gasteiger partial charge is 0.494 e. The van der Waals surface area contributed by atoms with Gasteiger partial charge in [0.05, 0.1) is 6.61 Å². The molecule has 4 heteroatoms. The summed E-state index contributed by atoms with van der Waals surface area (Å²) in [6, 6.07) is 7.45. The van der Waals surface area contributed by atoms with Crippen LogP contribution >= 0.6 is 0 Å². The maximum absolute atomic E-state index is 11.9. The maximum Gasteiger partial charge on any atom is 0.242 e. The average molecular weight is 292 g/mol. The molecule has 0 fully saturated rings. The molecule has 0 saturated heterocycles. The Morgan fingerprint density at radius 2 is 1.86 bits per heavy atom. The lowest BCUT2D eigenvalue weighted by molar-refractivity contribution is -0.121. The van der Waals surface area contributed by atoms with E-state index < -0.39 is 0 Å². The monoisotopic (exact) mass is 292 g/mol. The van der Waals surface area contributed by atoms with Gasteiger partial charge in [-0.1, -0.05) is 20.8 Å². The molecule has 2 N–H and O–H groups in total. The summed E-state index contributed by atoms with van der Waals surface area (Å²) in [5, 5.41) is 6.14. The fourth-order valence-corrected chi connectivity index (χ4v) is 1.82. The first-order valence-corrected chi connectivity index (χ1v) is 7.80. The second-order valence-electron chi connectivity index (χ2n) is 5.71. The van der Waals surface area contributed by atoms with Gasteiger partial charge in [-0.05, 0) is 49.9 Å². The zero-order chi connectivity index (χ0) is 15.7. The molecule has 0 spiro atoms. The molecule has 118 valence electrons. The molecule has 0 bridgehead atoms. The molecule has 0 saturated carbocycles. The van der Waals surface area contributed by atoms with Gasteiger partial charge in [0.1, 0.15) is 11.8 Å². The topological polar surface area (TPSA) is 50.4 Å². The molecular formula is C17H28N2O2. The van der Waals surface area contributed by atoms with E-state index in [0.29, 0.717) is 5.92 Å². The summed E-state index contributed by atoms with van der Waals surface area (Å²) in [6.45, 7) is 9.70. The van der Waals surface area contributed by atoms with Gasteiger partial charge < -0.3 is 15.4 Å². The highest BCUT2D eigenvalue weighted by Crippen LogP contribution is 2.16. The van der Waals surface area contributed by atoms with Gasteiger partial charge in [0.2, 0.25) is 5.91 Å².